The highest BCUT2D eigenvalue weighted by Crippen LogP contribution is 2.21. The molecule has 0 saturated heterocycles. The zero-order chi connectivity index (χ0) is 11.3. The summed E-state index contributed by atoms with van der Waals surface area (Å²) in [6.45, 7) is 7.21. The van der Waals surface area contributed by atoms with Crippen molar-refractivity contribution in [2.24, 2.45) is 5.41 Å². The first-order valence-corrected chi connectivity index (χ1v) is 5.65. The maximum absolute atomic E-state index is 5.74. The normalized spacial score (nSPS) is 11.5. The van der Waals surface area contributed by atoms with Gasteiger partial charge in [0.15, 0.2) is 0 Å². The quantitative estimate of drug-likeness (QED) is 0.787. The van der Waals surface area contributed by atoms with Gasteiger partial charge in [-0.1, -0.05) is 13.8 Å². The molecule has 3 nitrogen and oxygen atoms in total. The van der Waals surface area contributed by atoms with E-state index in [1.807, 2.05) is 13.0 Å². The molecule has 0 aliphatic rings. The van der Waals surface area contributed by atoms with Gasteiger partial charge >= 0.3 is 0 Å². The van der Waals surface area contributed by atoms with Crippen LogP contribution in [-0.2, 0) is 0 Å². The lowest BCUT2D eigenvalue weighted by atomic mass is 9.90. The first kappa shape index (κ1) is 12.2. The molecule has 15 heavy (non-hydrogen) atoms. The number of hydrogen-bond donors (Lipinski definition) is 1. The van der Waals surface area contributed by atoms with Crippen LogP contribution < -0.4 is 5.32 Å². The fourth-order valence-electron chi connectivity index (χ4n) is 1.23. The molecule has 1 aromatic rings. The Morgan fingerprint density at radius 1 is 1.40 bits per heavy atom. The van der Waals surface area contributed by atoms with Crippen molar-refractivity contribution in [2.75, 3.05) is 17.7 Å². The van der Waals surface area contributed by atoms with E-state index in [-0.39, 0.29) is 5.41 Å². The number of nitrogens with one attached hydrogen (secondary N) is 1. The molecule has 1 N–H and O–H groups in total. The van der Waals surface area contributed by atoms with E-state index in [0.29, 0.717) is 5.88 Å². The highest BCUT2D eigenvalue weighted by atomic mass is 35.5. The molecule has 0 radical (unpaired) electrons. The van der Waals surface area contributed by atoms with E-state index in [4.69, 9.17) is 11.6 Å². The molecule has 1 heterocycles. The molecule has 0 atom stereocenters. The van der Waals surface area contributed by atoms with Crippen molar-refractivity contribution < 1.29 is 0 Å². The molecule has 1 aromatic heterocycles. The maximum atomic E-state index is 5.74. The molecular weight excluding hydrogens is 210 g/mol. The van der Waals surface area contributed by atoms with Crippen molar-refractivity contribution in [1.82, 2.24) is 9.97 Å². The molecule has 4 heteroatoms. The number of nitrogens with zero attached hydrogens (tertiary/aromatic N) is 2. The number of hydrogen-bond acceptors (Lipinski definition) is 3. The van der Waals surface area contributed by atoms with Crippen LogP contribution in [0.15, 0.2) is 12.4 Å². The molecule has 0 saturated carbocycles. The number of aromatic nitrogens is 2. The van der Waals surface area contributed by atoms with Crippen molar-refractivity contribution in [3.63, 3.8) is 0 Å². The monoisotopic (exact) mass is 227 g/mol. The maximum Gasteiger partial charge on any atom is 0.129 e. The van der Waals surface area contributed by atoms with Gasteiger partial charge in [0.25, 0.3) is 0 Å². The van der Waals surface area contributed by atoms with Gasteiger partial charge < -0.3 is 5.32 Å². The van der Waals surface area contributed by atoms with Crippen molar-refractivity contribution >= 4 is 17.4 Å². The highest BCUT2D eigenvalue weighted by Gasteiger charge is 2.16. The fourth-order valence-corrected chi connectivity index (χ4v) is 1.74. The van der Waals surface area contributed by atoms with Crippen molar-refractivity contribution in [1.29, 1.82) is 0 Å². The summed E-state index contributed by atoms with van der Waals surface area (Å²) < 4.78 is 0. The molecule has 0 fully saturated rings. The average Bonchev–Trinajstić information content (AvgIpc) is 2.15. The Morgan fingerprint density at radius 3 is 2.73 bits per heavy atom. The molecule has 1 rings (SSSR count). The molecule has 0 aliphatic carbocycles. The SMILES string of the molecule is Cc1cc(NCC(C)(C)CCCl)ncn1. The molecule has 0 aliphatic heterocycles. The standard InChI is InChI=1S/C11H18ClN3/c1-9-6-10(15-8-14-9)13-7-11(2,3)4-5-12/h6,8H,4-5,7H2,1-3H3,(H,13,14,15). The van der Waals surface area contributed by atoms with Gasteiger partial charge in [-0.25, -0.2) is 9.97 Å². The third kappa shape index (κ3) is 4.47. The number of alkyl halides is 1. The van der Waals surface area contributed by atoms with Gasteiger partial charge in [0.1, 0.15) is 12.1 Å². The van der Waals surface area contributed by atoms with E-state index in [1.165, 1.54) is 0 Å². The summed E-state index contributed by atoms with van der Waals surface area (Å²) in [5.74, 6) is 1.57. The van der Waals surface area contributed by atoms with E-state index in [0.717, 1.165) is 24.5 Å². The Morgan fingerprint density at radius 2 is 2.13 bits per heavy atom. The van der Waals surface area contributed by atoms with Crippen molar-refractivity contribution in [3.8, 4) is 0 Å². The zero-order valence-corrected chi connectivity index (χ0v) is 10.3. The largest absolute Gasteiger partial charge is 0.369 e. The number of aryl methyl sites for hydroxylation is 1. The van der Waals surface area contributed by atoms with Gasteiger partial charge in [0.2, 0.25) is 0 Å². The van der Waals surface area contributed by atoms with E-state index >= 15 is 0 Å². The summed E-state index contributed by atoms with van der Waals surface area (Å²) in [6.07, 6.45) is 2.57. The van der Waals surface area contributed by atoms with E-state index in [2.05, 4.69) is 29.1 Å². The minimum Gasteiger partial charge on any atom is -0.369 e. The number of anilines is 1. The van der Waals surface area contributed by atoms with Crippen LogP contribution in [0.1, 0.15) is 26.0 Å². The van der Waals surface area contributed by atoms with Crippen LogP contribution in [0.2, 0.25) is 0 Å². The first-order chi connectivity index (χ1) is 7.03. The van der Waals surface area contributed by atoms with Crippen LogP contribution >= 0.6 is 11.6 Å². The van der Waals surface area contributed by atoms with Crippen LogP contribution in [0.4, 0.5) is 5.82 Å². The zero-order valence-electron chi connectivity index (χ0n) is 9.55. The molecule has 0 spiro atoms. The Labute approximate surface area is 96.3 Å². The van der Waals surface area contributed by atoms with Gasteiger partial charge in [0, 0.05) is 24.2 Å². The van der Waals surface area contributed by atoms with Gasteiger partial charge in [-0.3, -0.25) is 0 Å². The van der Waals surface area contributed by atoms with Gasteiger partial charge in [-0.05, 0) is 18.8 Å². The second-order valence-corrected chi connectivity index (χ2v) is 4.88. The van der Waals surface area contributed by atoms with Crippen LogP contribution in [-0.4, -0.2) is 22.4 Å². The van der Waals surface area contributed by atoms with E-state index in [1.54, 1.807) is 6.33 Å². The topological polar surface area (TPSA) is 37.8 Å². The number of halogens is 1. The van der Waals surface area contributed by atoms with Crippen LogP contribution in [0.3, 0.4) is 0 Å². The summed E-state index contributed by atoms with van der Waals surface area (Å²) in [6, 6.07) is 1.94. The van der Waals surface area contributed by atoms with Gasteiger partial charge in [-0.15, -0.1) is 11.6 Å². The Kier molecular flexibility index (Phi) is 4.33. The third-order valence-corrected chi connectivity index (χ3v) is 2.51. The first-order valence-electron chi connectivity index (χ1n) is 5.12. The van der Waals surface area contributed by atoms with E-state index in [9.17, 15) is 0 Å². The Balaban J connectivity index is 2.49. The van der Waals surface area contributed by atoms with Crippen LogP contribution in [0, 0.1) is 12.3 Å². The second kappa shape index (κ2) is 5.31. The predicted octanol–water partition coefficient (Wildman–Crippen LogP) is 2.85. The van der Waals surface area contributed by atoms with E-state index < -0.39 is 0 Å². The summed E-state index contributed by atoms with van der Waals surface area (Å²) in [4.78, 5) is 8.20. The lowest BCUT2D eigenvalue weighted by molar-refractivity contribution is 0.379. The van der Waals surface area contributed by atoms with Gasteiger partial charge in [-0.2, -0.15) is 0 Å². The third-order valence-electron chi connectivity index (χ3n) is 2.32. The number of rotatable bonds is 5. The predicted molar refractivity (Wildman–Crippen MR) is 64.4 cm³/mol. The van der Waals surface area contributed by atoms with Crippen LogP contribution in [0.25, 0.3) is 0 Å². The van der Waals surface area contributed by atoms with Gasteiger partial charge in [0.05, 0.1) is 0 Å². The Bertz CT molecular complexity index is 312. The fraction of sp³-hybridized carbons (Fsp3) is 0.636. The molecule has 0 amide bonds. The Hall–Kier alpha value is -0.830. The highest BCUT2D eigenvalue weighted by molar-refractivity contribution is 6.17. The van der Waals surface area contributed by atoms with Crippen LogP contribution in [0.5, 0.6) is 0 Å². The van der Waals surface area contributed by atoms with Crippen molar-refractivity contribution in [3.05, 3.63) is 18.1 Å². The summed E-state index contributed by atoms with van der Waals surface area (Å²) >= 11 is 5.74. The second-order valence-electron chi connectivity index (χ2n) is 4.50. The lowest BCUT2D eigenvalue weighted by Gasteiger charge is -2.24. The molecule has 0 aromatic carbocycles. The smallest absolute Gasteiger partial charge is 0.129 e. The average molecular weight is 228 g/mol. The molecule has 0 bridgehead atoms. The minimum absolute atomic E-state index is 0.195. The molecular formula is C11H18ClN3. The summed E-state index contributed by atoms with van der Waals surface area (Å²) in [5.41, 5.74) is 1.17. The summed E-state index contributed by atoms with van der Waals surface area (Å²) in [7, 11) is 0. The molecule has 0 unspecified atom stereocenters. The molecule has 84 valence electrons. The summed E-state index contributed by atoms with van der Waals surface area (Å²) in [5, 5.41) is 3.30. The van der Waals surface area contributed by atoms with Crippen molar-refractivity contribution in [2.45, 2.75) is 27.2 Å². The lowest BCUT2D eigenvalue weighted by Crippen LogP contribution is -2.24. The minimum atomic E-state index is 0.195.